The van der Waals surface area contributed by atoms with Gasteiger partial charge >= 0.3 is 5.97 Å². The Balaban J connectivity index is 2.26. The number of hydrogen-bond acceptors (Lipinski definition) is 3. The first kappa shape index (κ1) is 9.51. The van der Waals surface area contributed by atoms with E-state index in [1.807, 2.05) is 6.92 Å². The summed E-state index contributed by atoms with van der Waals surface area (Å²) in [7, 11) is 0. The second kappa shape index (κ2) is 3.61. The molecule has 15 heavy (non-hydrogen) atoms. The van der Waals surface area contributed by atoms with E-state index in [0.717, 1.165) is 0 Å². The molecule has 2 aromatic heterocycles. The van der Waals surface area contributed by atoms with Gasteiger partial charge in [0.25, 0.3) is 0 Å². The third kappa shape index (κ3) is 1.76. The number of hydrogen-bond donors (Lipinski definition) is 1. The van der Waals surface area contributed by atoms with Crippen LogP contribution in [0.3, 0.4) is 0 Å². The van der Waals surface area contributed by atoms with Gasteiger partial charge in [-0.1, -0.05) is 0 Å². The molecular formula is C10H10N2O3. The van der Waals surface area contributed by atoms with Crippen molar-refractivity contribution in [3.63, 3.8) is 0 Å². The summed E-state index contributed by atoms with van der Waals surface area (Å²) in [6.45, 7) is 1.89. The van der Waals surface area contributed by atoms with Crippen molar-refractivity contribution in [3.8, 4) is 0 Å². The van der Waals surface area contributed by atoms with Crippen molar-refractivity contribution in [3.05, 3.63) is 42.1 Å². The zero-order valence-electron chi connectivity index (χ0n) is 8.12. The fourth-order valence-corrected chi connectivity index (χ4v) is 1.33. The summed E-state index contributed by atoms with van der Waals surface area (Å²) >= 11 is 0. The van der Waals surface area contributed by atoms with Gasteiger partial charge in [-0.3, -0.25) is 4.68 Å². The van der Waals surface area contributed by atoms with Crippen LogP contribution in [0.1, 0.15) is 29.3 Å². The summed E-state index contributed by atoms with van der Waals surface area (Å²) in [6, 6.07) is 4.79. The van der Waals surface area contributed by atoms with Gasteiger partial charge in [0.1, 0.15) is 11.8 Å². The van der Waals surface area contributed by atoms with Crippen LogP contribution < -0.4 is 0 Å². The SMILES string of the molecule is CC(c1ccc(C(=O)O)o1)n1cccn1. The lowest BCUT2D eigenvalue weighted by atomic mass is 10.2. The van der Waals surface area contributed by atoms with Crippen molar-refractivity contribution in [2.24, 2.45) is 0 Å². The quantitative estimate of drug-likeness (QED) is 0.831. The van der Waals surface area contributed by atoms with Gasteiger partial charge in [-0.05, 0) is 25.1 Å². The predicted octanol–water partition coefficient (Wildman–Crippen LogP) is 1.78. The Morgan fingerprint density at radius 2 is 2.40 bits per heavy atom. The van der Waals surface area contributed by atoms with Crippen LogP contribution in [0.4, 0.5) is 0 Å². The molecule has 5 heteroatoms. The minimum Gasteiger partial charge on any atom is -0.475 e. The Labute approximate surface area is 85.9 Å². The number of carboxylic acid groups (broad SMARTS) is 1. The number of carboxylic acids is 1. The molecule has 2 aromatic rings. The van der Waals surface area contributed by atoms with E-state index >= 15 is 0 Å². The fraction of sp³-hybridized carbons (Fsp3) is 0.200. The van der Waals surface area contributed by atoms with E-state index in [0.29, 0.717) is 5.76 Å². The molecule has 5 nitrogen and oxygen atoms in total. The number of rotatable bonds is 3. The van der Waals surface area contributed by atoms with E-state index in [1.165, 1.54) is 6.07 Å². The van der Waals surface area contributed by atoms with Crippen molar-refractivity contribution in [2.75, 3.05) is 0 Å². The molecule has 2 heterocycles. The van der Waals surface area contributed by atoms with Crippen LogP contribution in [-0.2, 0) is 0 Å². The summed E-state index contributed by atoms with van der Waals surface area (Å²) in [5.74, 6) is -0.533. The molecular weight excluding hydrogens is 196 g/mol. The average molecular weight is 206 g/mol. The van der Waals surface area contributed by atoms with E-state index in [4.69, 9.17) is 9.52 Å². The molecule has 1 unspecified atom stereocenters. The number of nitrogens with zero attached hydrogens (tertiary/aromatic N) is 2. The molecule has 1 atom stereocenters. The van der Waals surface area contributed by atoms with Crippen molar-refractivity contribution in [1.29, 1.82) is 0 Å². The summed E-state index contributed by atoms with van der Waals surface area (Å²) in [6.07, 6.45) is 3.46. The normalized spacial score (nSPS) is 12.6. The van der Waals surface area contributed by atoms with Crippen molar-refractivity contribution >= 4 is 5.97 Å². The second-order valence-electron chi connectivity index (χ2n) is 3.17. The summed E-state index contributed by atoms with van der Waals surface area (Å²) < 4.78 is 6.87. The minimum absolute atomic E-state index is 0.0518. The highest BCUT2D eigenvalue weighted by molar-refractivity contribution is 5.84. The Kier molecular flexibility index (Phi) is 2.29. The molecule has 2 rings (SSSR count). The van der Waals surface area contributed by atoms with Crippen LogP contribution in [-0.4, -0.2) is 20.9 Å². The second-order valence-corrected chi connectivity index (χ2v) is 3.17. The smallest absolute Gasteiger partial charge is 0.371 e. The van der Waals surface area contributed by atoms with E-state index < -0.39 is 5.97 Å². The molecule has 0 aliphatic heterocycles. The van der Waals surface area contributed by atoms with Crippen molar-refractivity contribution in [2.45, 2.75) is 13.0 Å². The van der Waals surface area contributed by atoms with Crippen LogP contribution in [0.5, 0.6) is 0 Å². The van der Waals surface area contributed by atoms with Crippen LogP contribution >= 0.6 is 0 Å². The molecule has 0 aliphatic rings. The Hall–Kier alpha value is -2.04. The van der Waals surface area contributed by atoms with Gasteiger partial charge in [-0.2, -0.15) is 5.10 Å². The van der Waals surface area contributed by atoms with E-state index in [-0.39, 0.29) is 11.8 Å². The lowest BCUT2D eigenvalue weighted by Crippen LogP contribution is -2.05. The third-order valence-corrected chi connectivity index (χ3v) is 2.17. The van der Waals surface area contributed by atoms with Gasteiger partial charge in [0, 0.05) is 12.4 Å². The first-order chi connectivity index (χ1) is 7.18. The summed E-state index contributed by atoms with van der Waals surface area (Å²) in [5, 5.41) is 12.8. The third-order valence-electron chi connectivity index (χ3n) is 2.17. The molecule has 0 saturated carbocycles. The van der Waals surface area contributed by atoms with Crippen LogP contribution in [0.15, 0.2) is 35.0 Å². The number of aromatic nitrogens is 2. The van der Waals surface area contributed by atoms with Gasteiger partial charge in [0.15, 0.2) is 0 Å². The van der Waals surface area contributed by atoms with Gasteiger partial charge in [0.05, 0.1) is 0 Å². The lowest BCUT2D eigenvalue weighted by molar-refractivity contribution is 0.0659. The van der Waals surface area contributed by atoms with Crippen LogP contribution in [0.25, 0.3) is 0 Å². The minimum atomic E-state index is -1.06. The molecule has 0 aromatic carbocycles. The standard InChI is InChI=1S/C10H10N2O3/c1-7(12-6-2-5-11-12)8-3-4-9(15-8)10(13)14/h2-7H,1H3,(H,13,14). The lowest BCUT2D eigenvalue weighted by Gasteiger charge is -2.08. The first-order valence-electron chi connectivity index (χ1n) is 4.50. The fourth-order valence-electron chi connectivity index (χ4n) is 1.33. The Morgan fingerprint density at radius 1 is 1.60 bits per heavy atom. The predicted molar refractivity (Wildman–Crippen MR) is 51.7 cm³/mol. The Bertz CT molecular complexity index is 459. The van der Waals surface area contributed by atoms with E-state index in [9.17, 15) is 4.79 Å². The van der Waals surface area contributed by atoms with Crippen LogP contribution in [0, 0.1) is 0 Å². The monoisotopic (exact) mass is 206 g/mol. The first-order valence-corrected chi connectivity index (χ1v) is 4.50. The summed E-state index contributed by atoms with van der Waals surface area (Å²) in [4.78, 5) is 10.6. The number of aromatic carboxylic acids is 1. The Morgan fingerprint density at radius 3 is 2.93 bits per heavy atom. The van der Waals surface area contributed by atoms with Gasteiger partial charge < -0.3 is 9.52 Å². The molecule has 0 fully saturated rings. The van der Waals surface area contributed by atoms with Gasteiger partial charge in [0.2, 0.25) is 5.76 Å². The molecule has 0 spiro atoms. The van der Waals surface area contributed by atoms with Gasteiger partial charge in [-0.15, -0.1) is 0 Å². The van der Waals surface area contributed by atoms with Crippen molar-refractivity contribution < 1.29 is 14.3 Å². The van der Waals surface area contributed by atoms with Crippen LogP contribution in [0.2, 0.25) is 0 Å². The van der Waals surface area contributed by atoms with E-state index in [2.05, 4.69) is 5.10 Å². The number of carbonyl (C=O) groups is 1. The zero-order valence-corrected chi connectivity index (χ0v) is 8.12. The maximum Gasteiger partial charge on any atom is 0.371 e. The summed E-state index contributed by atoms with van der Waals surface area (Å²) in [5.41, 5.74) is 0. The van der Waals surface area contributed by atoms with Crippen molar-refractivity contribution in [1.82, 2.24) is 9.78 Å². The topological polar surface area (TPSA) is 68.3 Å². The highest BCUT2D eigenvalue weighted by Crippen LogP contribution is 2.19. The average Bonchev–Trinajstić information content (AvgIpc) is 2.88. The maximum absolute atomic E-state index is 10.6. The highest BCUT2D eigenvalue weighted by Gasteiger charge is 2.15. The molecule has 0 radical (unpaired) electrons. The van der Waals surface area contributed by atoms with Gasteiger partial charge in [-0.25, -0.2) is 4.79 Å². The molecule has 78 valence electrons. The molecule has 1 N–H and O–H groups in total. The maximum atomic E-state index is 10.6. The number of furan rings is 1. The molecule has 0 bridgehead atoms. The molecule has 0 amide bonds. The molecule has 0 saturated heterocycles. The highest BCUT2D eigenvalue weighted by atomic mass is 16.4. The molecule has 0 aliphatic carbocycles. The zero-order chi connectivity index (χ0) is 10.8. The largest absolute Gasteiger partial charge is 0.475 e. The van der Waals surface area contributed by atoms with E-state index in [1.54, 1.807) is 29.2 Å².